The van der Waals surface area contributed by atoms with E-state index in [1.165, 1.54) is 0 Å². The summed E-state index contributed by atoms with van der Waals surface area (Å²) < 4.78 is 26.2. The van der Waals surface area contributed by atoms with E-state index < -0.39 is 10.0 Å². The summed E-state index contributed by atoms with van der Waals surface area (Å²) in [5.41, 5.74) is 0.727. The number of hydrogen-bond donors (Lipinski definition) is 2. The van der Waals surface area contributed by atoms with E-state index in [2.05, 4.69) is 9.56 Å². The molecule has 0 spiro atoms. The van der Waals surface area contributed by atoms with Crippen molar-refractivity contribution in [1.82, 2.24) is 4.72 Å². The summed E-state index contributed by atoms with van der Waals surface area (Å²) in [4.78, 5) is 4.66. The third-order valence-electron chi connectivity index (χ3n) is 2.11. The molecule has 1 aromatic carbocycles. The van der Waals surface area contributed by atoms with Gasteiger partial charge in [0.2, 0.25) is 10.0 Å². The smallest absolute Gasteiger partial charge is 0.240 e. The van der Waals surface area contributed by atoms with Gasteiger partial charge in [-0.2, -0.15) is 0 Å². The van der Waals surface area contributed by atoms with Gasteiger partial charge >= 0.3 is 0 Å². The van der Waals surface area contributed by atoms with Crippen molar-refractivity contribution in [1.29, 1.82) is 0 Å². The fourth-order valence-electron chi connectivity index (χ4n) is 1.30. The van der Waals surface area contributed by atoms with E-state index in [-0.39, 0.29) is 0 Å². The van der Waals surface area contributed by atoms with E-state index in [0.717, 1.165) is 5.56 Å². The molecule has 0 saturated carbocycles. The molecule has 0 aromatic heterocycles. The molecule has 0 aliphatic carbocycles. The molecule has 16 heavy (non-hydrogen) atoms. The van der Waals surface area contributed by atoms with E-state index in [4.69, 9.17) is 5.90 Å². The first-order chi connectivity index (χ1) is 7.58. The summed E-state index contributed by atoms with van der Waals surface area (Å²) in [5.74, 6) is 4.84. The quantitative estimate of drug-likeness (QED) is 0.565. The van der Waals surface area contributed by atoms with E-state index in [0.29, 0.717) is 24.5 Å². The van der Waals surface area contributed by atoms with Gasteiger partial charge in [-0.05, 0) is 25.0 Å². The van der Waals surface area contributed by atoms with Crippen LogP contribution in [0.15, 0.2) is 29.2 Å². The molecule has 0 saturated heterocycles. The van der Waals surface area contributed by atoms with Gasteiger partial charge in [0.05, 0.1) is 11.5 Å². The molecule has 1 aromatic rings. The van der Waals surface area contributed by atoms with Crippen LogP contribution in [0.3, 0.4) is 0 Å². The lowest BCUT2D eigenvalue weighted by Crippen LogP contribution is -2.26. The SMILES string of the molecule is Cc1ccccc1S(=O)(=O)NCCCON. The number of nitrogens with one attached hydrogen (secondary N) is 1. The normalized spacial score (nSPS) is 11.6. The first kappa shape index (κ1) is 13.1. The summed E-state index contributed by atoms with van der Waals surface area (Å²) in [7, 11) is -3.42. The maximum absolute atomic E-state index is 11.8. The number of aryl methyl sites for hydroxylation is 1. The fraction of sp³-hybridized carbons (Fsp3) is 0.400. The van der Waals surface area contributed by atoms with Crippen molar-refractivity contribution in [2.75, 3.05) is 13.2 Å². The highest BCUT2D eigenvalue weighted by Crippen LogP contribution is 2.13. The van der Waals surface area contributed by atoms with Gasteiger partial charge in [0, 0.05) is 6.54 Å². The Balaban J connectivity index is 2.68. The molecule has 6 heteroatoms. The lowest BCUT2D eigenvalue weighted by atomic mass is 10.2. The number of nitrogens with two attached hydrogens (primary N) is 1. The zero-order valence-electron chi connectivity index (χ0n) is 9.14. The fourth-order valence-corrected chi connectivity index (χ4v) is 2.62. The number of hydrogen-bond acceptors (Lipinski definition) is 4. The molecule has 0 heterocycles. The monoisotopic (exact) mass is 244 g/mol. The maximum atomic E-state index is 11.8. The Morgan fingerprint density at radius 1 is 1.38 bits per heavy atom. The zero-order chi connectivity index (χ0) is 12.0. The van der Waals surface area contributed by atoms with Crippen LogP contribution < -0.4 is 10.6 Å². The Bertz CT molecular complexity index is 431. The molecule has 0 unspecified atom stereocenters. The number of benzene rings is 1. The van der Waals surface area contributed by atoms with Crippen LogP contribution in [0.5, 0.6) is 0 Å². The van der Waals surface area contributed by atoms with Crippen LogP contribution in [-0.2, 0) is 14.9 Å². The van der Waals surface area contributed by atoms with Crippen molar-refractivity contribution >= 4 is 10.0 Å². The Morgan fingerprint density at radius 2 is 2.06 bits per heavy atom. The summed E-state index contributed by atoms with van der Waals surface area (Å²) in [5, 5.41) is 0. The standard InChI is InChI=1S/C10H16N2O3S/c1-9-5-2-3-6-10(9)16(13,14)12-7-4-8-15-11/h2-3,5-6,12H,4,7-8,11H2,1H3. The third kappa shape index (κ3) is 3.57. The first-order valence-corrected chi connectivity index (χ1v) is 6.43. The zero-order valence-corrected chi connectivity index (χ0v) is 9.96. The highest BCUT2D eigenvalue weighted by Gasteiger charge is 2.14. The summed E-state index contributed by atoms with van der Waals surface area (Å²) >= 11 is 0. The van der Waals surface area contributed by atoms with E-state index in [1.54, 1.807) is 31.2 Å². The first-order valence-electron chi connectivity index (χ1n) is 4.95. The van der Waals surface area contributed by atoms with Gasteiger partial charge in [-0.3, -0.25) is 0 Å². The van der Waals surface area contributed by atoms with Crippen molar-refractivity contribution in [2.45, 2.75) is 18.2 Å². The second-order valence-corrected chi connectivity index (χ2v) is 5.12. The Morgan fingerprint density at radius 3 is 2.69 bits per heavy atom. The minimum Gasteiger partial charge on any atom is -0.305 e. The van der Waals surface area contributed by atoms with Crippen molar-refractivity contribution < 1.29 is 13.3 Å². The molecule has 3 N–H and O–H groups in total. The molecule has 0 atom stereocenters. The lowest BCUT2D eigenvalue weighted by molar-refractivity contribution is 0.136. The van der Waals surface area contributed by atoms with E-state index >= 15 is 0 Å². The van der Waals surface area contributed by atoms with Crippen LogP contribution in [0.2, 0.25) is 0 Å². The van der Waals surface area contributed by atoms with Crippen LogP contribution in [-0.4, -0.2) is 21.6 Å². The van der Waals surface area contributed by atoms with E-state index in [1.807, 2.05) is 0 Å². The molecular weight excluding hydrogens is 228 g/mol. The second kappa shape index (κ2) is 5.95. The average Bonchev–Trinajstić information content (AvgIpc) is 2.25. The number of rotatable bonds is 6. The summed E-state index contributed by atoms with van der Waals surface area (Å²) in [6.45, 7) is 2.40. The van der Waals surface area contributed by atoms with Crippen LogP contribution in [0.1, 0.15) is 12.0 Å². The van der Waals surface area contributed by atoms with Gasteiger partial charge in [0.25, 0.3) is 0 Å². The Labute approximate surface area is 95.6 Å². The molecule has 0 bridgehead atoms. The van der Waals surface area contributed by atoms with Crippen LogP contribution in [0, 0.1) is 6.92 Å². The lowest BCUT2D eigenvalue weighted by Gasteiger charge is -2.08. The van der Waals surface area contributed by atoms with Gasteiger partial charge in [0.15, 0.2) is 0 Å². The predicted molar refractivity (Wildman–Crippen MR) is 61.1 cm³/mol. The van der Waals surface area contributed by atoms with Crippen LogP contribution >= 0.6 is 0 Å². The van der Waals surface area contributed by atoms with Gasteiger partial charge in [-0.1, -0.05) is 18.2 Å². The molecular formula is C10H16N2O3S. The van der Waals surface area contributed by atoms with Gasteiger partial charge < -0.3 is 4.84 Å². The van der Waals surface area contributed by atoms with Crippen LogP contribution in [0.25, 0.3) is 0 Å². The van der Waals surface area contributed by atoms with Crippen molar-refractivity contribution in [3.63, 3.8) is 0 Å². The molecule has 0 fully saturated rings. The molecule has 0 aliphatic heterocycles. The van der Waals surface area contributed by atoms with Gasteiger partial charge in [0.1, 0.15) is 0 Å². The average molecular weight is 244 g/mol. The molecule has 0 radical (unpaired) electrons. The van der Waals surface area contributed by atoms with Gasteiger partial charge in [-0.25, -0.2) is 19.0 Å². The molecule has 90 valence electrons. The third-order valence-corrected chi connectivity index (χ3v) is 3.74. The molecule has 5 nitrogen and oxygen atoms in total. The molecule has 0 amide bonds. The largest absolute Gasteiger partial charge is 0.305 e. The van der Waals surface area contributed by atoms with Crippen LogP contribution in [0.4, 0.5) is 0 Å². The van der Waals surface area contributed by atoms with E-state index in [9.17, 15) is 8.42 Å². The summed E-state index contributed by atoms with van der Waals surface area (Å²) in [6.07, 6.45) is 0.543. The topological polar surface area (TPSA) is 81.4 Å². The van der Waals surface area contributed by atoms with Crippen molar-refractivity contribution in [3.05, 3.63) is 29.8 Å². The minimum atomic E-state index is -3.42. The highest BCUT2D eigenvalue weighted by molar-refractivity contribution is 7.89. The second-order valence-electron chi connectivity index (χ2n) is 3.39. The Kier molecular flexibility index (Phi) is 4.88. The Hall–Kier alpha value is -0.950. The minimum absolute atomic E-state index is 0.309. The van der Waals surface area contributed by atoms with Crippen molar-refractivity contribution in [2.24, 2.45) is 5.90 Å². The molecule has 1 rings (SSSR count). The number of sulfonamides is 1. The highest BCUT2D eigenvalue weighted by atomic mass is 32.2. The summed E-state index contributed by atoms with van der Waals surface area (Å²) in [6, 6.07) is 6.84. The van der Waals surface area contributed by atoms with Gasteiger partial charge in [-0.15, -0.1) is 0 Å². The predicted octanol–water partition coefficient (Wildman–Crippen LogP) is 0.554. The van der Waals surface area contributed by atoms with Crippen molar-refractivity contribution in [3.8, 4) is 0 Å². The maximum Gasteiger partial charge on any atom is 0.240 e. The molecule has 0 aliphatic rings.